The Kier molecular flexibility index (Phi) is 25.1. The zero-order valence-electron chi connectivity index (χ0n) is 38.3. The lowest BCUT2D eigenvalue weighted by Gasteiger charge is -2.26. The lowest BCUT2D eigenvalue weighted by molar-refractivity contribution is -0.130. The molecule has 1 saturated heterocycles. The molecule has 1 aliphatic heterocycles. The number of carbonyl (C=O) groups excluding carboxylic acids is 2. The van der Waals surface area contributed by atoms with Crippen LogP contribution in [-0.2, 0) is 16.0 Å². The maximum Gasteiger partial charge on any atom is 0.407 e. The molecule has 0 radical (unpaired) electrons. The van der Waals surface area contributed by atoms with Gasteiger partial charge >= 0.3 is 6.09 Å². The molecule has 0 aromatic heterocycles. The monoisotopic (exact) mass is 810 g/mol. The van der Waals surface area contributed by atoms with E-state index in [1.165, 1.54) is 54.0 Å². The van der Waals surface area contributed by atoms with E-state index in [0.29, 0.717) is 12.2 Å². The van der Waals surface area contributed by atoms with Crippen molar-refractivity contribution in [1.29, 1.82) is 0 Å². The number of allylic oxidation sites excluding steroid dienone is 1. The number of methoxy groups -OCH3 is 1. The lowest BCUT2D eigenvalue weighted by Crippen LogP contribution is -2.44. The average Bonchev–Trinajstić information content (AvgIpc) is 4.08. The van der Waals surface area contributed by atoms with Crippen molar-refractivity contribution in [2.24, 2.45) is 34.8 Å². The molecule has 3 N–H and O–H groups in total. The smallest absolute Gasteiger partial charge is 0.407 e. The van der Waals surface area contributed by atoms with Crippen molar-refractivity contribution in [1.82, 2.24) is 10.2 Å². The summed E-state index contributed by atoms with van der Waals surface area (Å²) in [6.45, 7) is 29.4. The van der Waals surface area contributed by atoms with E-state index in [0.717, 1.165) is 73.2 Å². The molecule has 2 amide bonds. The third-order valence-corrected chi connectivity index (χ3v) is 11.4. The summed E-state index contributed by atoms with van der Waals surface area (Å²) in [7, 11) is 1.71. The van der Waals surface area contributed by atoms with Gasteiger partial charge in [-0.15, -0.1) is 0 Å². The predicted molar refractivity (Wildman–Crippen MR) is 248 cm³/mol. The molecule has 0 bridgehead atoms. The van der Waals surface area contributed by atoms with E-state index >= 15 is 0 Å². The number of alkyl carbamates (subject to hydrolysis) is 1. The summed E-state index contributed by atoms with van der Waals surface area (Å²) >= 11 is 1.99. The second kappa shape index (κ2) is 27.5. The molecule has 6 rings (SSSR count). The number of aryl methyl sites for hydroxylation is 1. The number of nitrogens with one attached hydrogen (secondary N) is 1. The Morgan fingerprint density at radius 3 is 2.05 bits per heavy atom. The van der Waals surface area contributed by atoms with Gasteiger partial charge in [0.2, 0.25) is 5.91 Å². The van der Waals surface area contributed by atoms with E-state index < -0.39 is 6.09 Å². The summed E-state index contributed by atoms with van der Waals surface area (Å²) in [4.78, 5) is 26.3. The third kappa shape index (κ3) is 20.9. The van der Waals surface area contributed by atoms with Gasteiger partial charge in [0.05, 0.1) is 19.8 Å². The SMILES string of the molecule is C=C(C)C1CC1C1CC1.C=C(N)C1CCCN1C(=O)CNC(=O)OCC(C)(C)CCCCc1cc2ccccc2cc1OC.CC.CC.CC(C)C.CSC1CC1. The van der Waals surface area contributed by atoms with Crippen LogP contribution in [0.1, 0.15) is 139 Å². The molecule has 3 unspecified atom stereocenters. The average molecular weight is 810 g/mol. The number of ether oxygens (including phenoxy) is 2. The number of nitrogens with zero attached hydrogens (tertiary/aromatic N) is 1. The summed E-state index contributed by atoms with van der Waals surface area (Å²) in [5, 5.41) is 6.02. The number of hydrogen-bond donors (Lipinski definition) is 2. The van der Waals surface area contributed by atoms with E-state index in [2.05, 4.69) is 90.5 Å². The highest BCUT2D eigenvalue weighted by atomic mass is 32.2. The minimum Gasteiger partial charge on any atom is -0.496 e. The highest BCUT2D eigenvalue weighted by Gasteiger charge is 2.47. The number of unbranched alkanes of at least 4 members (excludes halogenated alkanes) is 1. The molecule has 0 spiro atoms. The van der Waals surface area contributed by atoms with Crippen LogP contribution in [0.25, 0.3) is 10.8 Å². The van der Waals surface area contributed by atoms with E-state index in [4.69, 9.17) is 15.2 Å². The van der Waals surface area contributed by atoms with Gasteiger partial charge in [-0.3, -0.25) is 4.79 Å². The first-order valence-corrected chi connectivity index (χ1v) is 23.3. The molecule has 57 heavy (non-hydrogen) atoms. The van der Waals surface area contributed by atoms with Crippen molar-refractivity contribution >= 4 is 34.5 Å². The standard InChI is InChI=1S/C28H39N3O4.C9H14.C4H8S.C4H10.2C2H6/c1-20(29)24-13-9-15-31(24)26(32)18-30-27(33)35-19-28(2,3)14-8-7-12-23-16-21-10-5-6-11-22(21)17-25(23)34-4;1-6(2)8-5-9(8)7-3-4-7;1-5-4-2-3-4;1-4(2)3;2*1-2/h5-6,10-11,16-17,24H,1,7-9,12-15,18-19,29H2,2-4H3,(H,30,33);7-9H,1,3-5H2,2H3;4H,2-3H2,1H3;4H,1-3H3;2*1-2H3. The molecular formula is C49H83N3O4S. The van der Waals surface area contributed by atoms with E-state index in [1.54, 1.807) is 12.0 Å². The Hall–Kier alpha value is -3.13. The van der Waals surface area contributed by atoms with Crippen molar-refractivity contribution < 1.29 is 19.1 Å². The fourth-order valence-corrected chi connectivity index (χ4v) is 7.39. The minimum atomic E-state index is -0.574. The van der Waals surface area contributed by atoms with Crippen molar-refractivity contribution in [2.45, 2.75) is 151 Å². The number of rotatable bonds is 14. The second-order valence-electron chi connectivity index (χ2n) is 17.0. The van der Waals surface area contributed by atoms with Crippen LogP contribution in [0, 0.1) is 29.1 Å². The summed E-state index contributed by atoms with van der Waals surface area (Å²) in [5.41, 5.74) is 8.75. The Balaban J connectivity index is 0.000000593. The highest BCUT2D eigenvalue weighted by molar-refractivity contribution is 7.99. The molecule has 2 aromatic rings. The van der Waals surface area contributed by atoms with E-state index in [1.807, 2.05) is 51.6 Å². The number of carbonyl (C=O) groups is 2. The number of benzene rings is 2. The van der Waals surface area contributed by atoms with Crippen LogP contribution in [0.4, 0.5) is 4.79 Å². The van der Waals surface area contributed by atoms with Crippen molar-refractivity contribution in [3.8, 4) is 5.75 Å². The molecule has 1 heterocycles. The van der Waals surface area contributed by atoms with E-state index in [9.17, 15) is 9.59 Å². The fourth-order valence-electron chi connectivity index (χ4n) is 6.79. The van der Waals surface area contributed by atoms with Crippen molar-refractivity contribution in [3.05, 3.63) is 66.4 Å². The Morgan fingerprint density at radius 1 is 0.982 bits per heavy atom. The van der Waals surface area contributed by atoms with Gasteiger partial charge in [0, 0.05) is 17.5 Å². The maximum atomic E-state index is 12.4. The number of thioether (sulfide) groups is 1. The molecule has 3 saturated carbocycles. The van der Waals surface area contributed by atoms with Gasteiger partial charge in [0.15, 0.2) is 0 Å². The molecular weight excluding hydrogens is 727 g/mol. The third-order valence-electron chi connectivity index (χ3n) is 10.2. The molecule has 7 nitrogen and oxygen atoms in total. The van der Waals surface area contributed by atoms with Gasteiger partial charge in [-0.25, -0.2) is 4.79 Å². The molecule has 4 fully saturated rings. The van der Waals surface area contributed by atoms with Crippen LogP contribution in [0.2, 0.25) is 0 Å². The maximum absolute atomic E-state index is 12.4. The molecule has 324 valence electrons. The van der Waals surface area contributed by atoms with Gasteiger partial charge in [0.25, 0.3) is 0 Å². The highest BCUT2D eigenvalue weighted by Crippen LogP contribution is 2.56. The van der Waals surface area contributed by atoms with Crippen LogP contribution >= 0.6 is 11.8 Å². The number of amides is 2. The number of nitrogens with two attached hydrogens (primary N) is 1. The minimum absolute atomic E-state index is 0.101. The summed E-state index contributed by atoms with van der Waals surface area (Å²) in [6.07, 6.45) is 14.6. The van der Waals surface area contributed by atoms with Crippen molar-refractivity contribution in [2.75, 3.05) is 33.1 Å². The second-order valence-corrected chi connectivity index (χ2v) is 18.1. The Bertz CT molecular complexity index is 1480. The molecule has 3 atom stereocenters. The van der Waals surface area contributed by atoms with Crippen LogP contribution in [0.5, 0.6) is 5.75 Å². The zero-order chi connectivity index (χ0) is 43.1. The molecule has 8 heteroatoms. The zero-order valence-corrected chi connectivity index (χ0v) is 39.1. The van der Waals surface area contributed by atoms with Crippen LogP contribution in [0.15, 0.2) is 60.8 Å². The van der Waals surface area contributed by atoms with Crippen molar-refractivity contribution in [3.63, 3.8) is 0 Å². The molecule has 4 aliphatic rings. The first-order chi connectivity index (χ1) is 27.1. The summed E-state index contributed by atoms with van der Waals surface area (Å²) in [6, 6.07) is 12.5. The fraction of sp³-hybridized carbons (Fsp3) is 0.673. The van der Waals surface area contributed by atoms with Crippen LogP contribution in [0.3, 0.4) is 0 Å². The topological polar surface area (TPSA) is 93.9 Å². The lowest BCUT2D eigenvalue weighted by atomic mass is 9.87. The normalized spacial score (nSPS) is 19.0. The molecule has 2 aromatic carbocycles. The predicted octanol–water partition coefficient (Wildman–Crippen LogP) is 12.6. The number of fused-ring (bicyclic) bond motifs is 1. The number of likely N-dealkylation sites (tertiary alicyclic amines) is 1. The van der Waals surface area contributed by atoms with Gasteiger partial charge in [-0.2, -0.15) is 11.8 Å². The largest absolute Gasteiger partial charge is 0.496 e. The summed E-state index contributed by atoms with van der Waals surface area (Å²) in [5.74, 6) is 4.71. The Morgan fingerprint density at radius 2 is 1.58 bits per heavy atom. The summed E-state index contributed by atoms with van der Waals surface area (Å²) < 4.78 is 11.0. The van der Waals surface area contributed by atoms with Gasteiger partial charge < -0.3 is 25.4 Å². The quantitative estimate of drug-likeness (QED) is 0.146. The van der Waals surface area contributed by atoms with Gasteiger partial charge in [0.1, 0.15) is 12.3 Å². The Labute approximate surface area is 353 Å². The first kappa shape index (κ1) is 51.9. The molecule has 3 aliphatic carbocycles. The van der Waals surface area contributed by atoms with Gasteiger partial charge in [-0.1, -0.05) is 112 Å². The first-order valence-electron chi connectivity index (χ1n) is 22.0. The van der Waals surface area contributed by atoms with E-state index in [-0.39, 0.29) is 30.5 Å². The van der Waals surface area contributed by atoms with Crippen LogP contribution < -0.4 is 15.8 Å². The van der Waals surface area contributed by atoms with Crippen LogP contribution in [-0.4, -0.2) is 61.3 Å². The van der Waals surface area contributed by atoms with Gasteiger partial charge in [-0.05, 0) is 135 Å². The number of hydrogen-bond acceptors (Lipinski definition) is 6.